The van der Waals surface area contributed by atoms with E-state index in [0.29, 0.717) is 44.3 Å². The van der Waals surface area contributed by atoms with Crippen LogP contribution < -0.4 is 5.73 Å². The number of anilines is 1. The van der Waals surface area contributed by atoms with Crippen LogP contribution in [0.5, 0.6) is 0 Å². The van der Waals surface area contributed by atoms with E-state index in [4.69, 9.17) is 20.4 Å². The molecule has 0 saturated carbocycles. The summed E-state index contributed by atoms with van der Waals surface area (Å²) >= 11 is 1.34. The number of methoxy groups -OCH3 is 1. The van der Waals surface area contributed by atoms with Crippen molar-refractivity contribution in [2.45, 2.75) is 4.21 Å². The molecule has 0 aliphatic rings. The summed E-state index contributed by atoms with van der Waals surface area (Å²) in [6.07, 6.45) is 3.63. The number of pyridine rings is 1. The number of benzene rings is 1. The molecule has 1 atom stereocenters. The van der Waals surface area contributed by atoms with Gasteiger partial charge in [-0.05, 0) is 6.07 Å². The lowest BCUT2D eigenvalue weighted by molar-refractivity contribution is 0.218. The third kappa shape index (κ3) is 3.66. The van der Waals surface area contributed by atoms with Crippen LogP contribution in [0.4, 0.5) is 5.69 Å². The Morgan fingerprint density at radius 1 is 1.19 bits per heavy atom. The first kappa shape index (κ1) is 20.7. The average Bonchev–Trinajstić information content (AvgIpc) is 3.35. The Kier molecular flexibility index (Phi) is 5.41. The summed E-state index contributed by atoms with van der Waals surface area (Å²) in [6.45, 7) is 0.388. The van der Waals surface area contributed by atoms with Gasteiger partial charge < -0.3 is 10.5 Å². The van der Waals surface area contributed by atoms with Crippen molar-refractivity contribution in [3.63, 3.8) is 0 Å². The molecule has 0 aliphatic carbocycles. The first-order valence-electron chi connectivity index (χ1n) is 9.87. The highest BCUT2D eigenvalue weighted by Gasteiger charge is 2.22. The van der Waals surface area contributed by atoms with Gasteiger partial charge in [-0.15, -0.1) is 11.3 Å². The Labute approximate surface area is 190 Å². The van der Waals surface area contributed by atoms with Gasteiger partial charge >= 0.3 is 0 Å². The van der Waals surface area contributed by atoms with Gasteiger partial charge in [0.1, 0.15) is 9.04 Å². The van der Waals surface area contributed by atoms with Gasteiger partial charge in [0.2, 0.25) is 0 Å². The molecule has 0 radical (unpaired) electrons. The highest BCUT2D eigenvalue weighted by atomic mass is 32.2. The average molecular weight is 465 g/mol. The number of aryl methyl sites for hydroxylation is 1. The third-order valence-corrected chi connectivity index (χ3v) is 7.89. The highest BCUT2D eigenvalue weighted by molar-refractivity contribution is 7.87. The largest absolute Gasteiger partial charge is 0.396 e. The van der Waals surface area contributed by atoms with Crippen LogP contribution in [0.2, 0.25) is 0 Å². The zero-order chi connectivity index (χ0) is 22.2. The van der Waals surface area contributed by atoms with Crippen molar-refractivity contribution in [1.82, 2.24) is 24.7 Å². The first-order valence-corrected chi connectivity index (χ1v) is 12.0. The minimum absolute atomic E-state index is 0.371. The molecule has 32 heavy (non-hydrogen) atoms. The Bertz CT molecular complexity index is 1460. The van der Waals surface area contributed by atoms with Crippen molar-refractivity contribution < 1.29 is 8.95 Å². The number of nitrogen functional groups attached to an aromatic ring is 1. The van der Waals surface area contributed by atoms with Gasteiger partial charge in [-0.2, -0.15) is 5.10 Å². The standard InChI is InChI=1S/C22H20N6O2S2/c1-28-12-15-10-14(11-24-19(15)27-28)20-25-18(13-6-4-3-5-7-13)16-17(23)22(31-21(16)26-20)32(29)9-8-30-2/h3-7,10-12H,8-9,23H2,1-2H3. The molecule has 4 aromatic heterocycles. The summed E-state index contributed by atoms with van der Waals surface area (Å²) in [5.74, 6) is 0.904. The van der Waals surface area contributed by atoms with E-state index in [9.17, 15) is 4.21 Å². The number of nitrogens with zero attached hydrogens (tertiary/aromatic N) is 5. The lowest BCUT2D eigenvalue weighted by atomic mass is 10.1. The van der Waals surface area contributed by atoms with E-state index >= 15 is 0 Å². The van der Waals surface area contributed by atoms with Gasteiger partial charge in [0.25, 0.3) is 0 Å². The summed E-state index contributed by atoms with van der Waals surface area (Å²) < 4.78 is 20.2. The molecular weight excluding hydrogens is 444 g/mol. The molecule has 162 valence electrons. The molecule has 0 bridgehead atoms. The highest BCUT2D eigenvalue weighted by Crippen LogP contribution is 2.41. The van der Waals surface area contributed by atoms with E-state index in [-0.39, 0.29) is 0 Å². The predicted octanol–water partition coefficient (Wildman–Crippen LogP) is 3.64. The van der Waals surface area contributed by atoms with Crippen LogP contribution in [-0.2, 0) is 22.6 Å². The monoisotopic (exact) mass is 464 g/mol. The predicted molar refractivity (Wildman–Crippen MR) is 128 cm³/mol. The van der Waals surface area contributed by atoms with E-state index in [0.717, 1.165) is 21.9 Å². The van der Waals surface area contributed by atoms with Crippen LogP contribution in [0, 0.1) is 0 Å². The molecule has 1 aromatic carbocycles. The zero-order valence-electron chi connectivity index (χ0n) is 17.5. The lowest BCUT2D eigenvalue weighted by Crippen LogP contribution is -2.04. The van der Waals surface area contributed by atoms with Gasteiger partial charge in [0, 0.05) is 43.1 Å². The number of fused-ring (bicyclic) bond motifs is 2. The first-order chi connectivity index (χ1) is 15.5. The van der Waals surface area contributed by atoms with E-state index < -0.39 is 10.8 Å². The zero-order valence-corrected chi connectivity index (χ0v) is 19.1. The smallest absolute Gasteiger partial charge is 0.181 e. The Hall–Kier alpha value is -3.21. The summed E-state index contributed by atoms with van der Waals surface area (Å²) in [5.41, 5.74) is 10.0. The fourth-order valence-electron chi connectivity index (χ4n) is 3.51. The maximum atomic E-state index is 12.8. The minimum atomic E-state index is -1.28. The van der Waals surface area contributed by atoms with E-state index in [2.05, 4.69) is 10.1 Å². The molecule has 4 heterocycles. The van der Waals surface area contributed by atoms with Crippen molar-refractivity contribution in [2.24, 2.45) is 7.05 Å². The number of rotatable bonds is 6. The topological polar surface area (TPSA) is 109 Å². The molecule has 1 unspecified atom stereocenters. The Morgan fingerprint density at radius 3 is 2.78 bits per heavy atom. The van der Waals surface area contributed by atoms with Crippen LogP contribution in [0.25, 0.3) is 43.9 Å². The molecule has 8 nitrogen and oxygen atoms in total. The van der Waals surface area contributed by atoms with Gasteiger partial charge in [0.15, 0.2) is 11.5 Å². The van der Waals surface area contributed by atoms with Crippen molar-refractivity contribution >= 4 is 49.1 Å². The number of ether oxygens (including phenoxy) is 1. The molecule has 2 N–H and O–H groups in total. The second-order valence-electron chi connectivity index (χ2n) is 7.23. The van der Waals surface area contributed by atoms with Crippen LogP contribution in [-0.4, -0.2) is 48.4 Å². The van der Waals surface area contributed by atoms with Gasteiger partial charge in [-0.25, -0.2) is 15.0 Å². The molecular formula is C22H20N6O2S2. The molecule has 5 rings (SSSR count). The lowest BCUT2D eigenvalue weighted by Gasteiger charge is -2.07. The van der Waals surface area contributed by atoms with Crippen LogP contribution in [0.15, 0.2) is 53.0 Å². The fraction of sp³-hybridized carbons (Fsp3) is 0.182. The second kappa shape index (κ2) is 8.38. The Balaban J connectivity index is 1.73. The van der Waals surface area contributed by atoms with Crippen LogP contribution in [0.1, 0.15) is 0 Å². The molecule has 10 heteroatoms. The minimum Gasteiger partial charge on any atom is -0.396 e. The molecule has 0 aliphatic heterocycles. The maximum Gasteiger partial charge on any atom is 0.181 e. The number of aromatic nitrogens is 5. The van der Waals surface area contributed by atoms with Crippen LogP contribution in [0.3, 0.4) is 0 Å². The fourth-order valence-corrected chi connectivity index (χ4v) is 6.05. The number of nitrogens with two attached hydrogens (primary N) is 1. The Morgan fingerprint density at radius 2 is 2.00 bits per heavy atom. The normalized spacial score (nSPS) is 12.6. The van der Waals surface area contributed by atoms with E-state index in [1.807, 2.05) is 49.6 Å². The van der Waals surface area contributed by atoms with E-state index in [1.165, 1.54) is 11.3 Å². The summed E-state index contributed by atoms with van der Waals surface area (Å²) in [4.78, 5) is 14.8. The molecule has 0 saturated heterocycles. The summed E-state index contributed by atoms with van der Waals surface area (Å²) in [5, 5.41) is 5.96. The maximum absolute atomic E-state index is 12.8. The number of hydrogen-bond donors (Lipinski definition) is 1. The second-order valence-corrected chi connectivity index (χ2v) is 9.99. The van der Waals surface area contributed by atoms with Crippen molar-refractivity contribution in [2.75, 3.05) is 25.2 Å². The van der Waals surface area contributed by atoms with Crippen molar-refractivity contribution in [3.8, 4) is 22.6 Å². The van der Waals surface area contributed by atoms with E-state index in [1.54, 1.807) is 18.0 Å². The summed E-state index contributed by atoms with van der Waals surface area (Å²) in [6, 6.07) is 11.8. The number of hydrogen-bond acceptors (Lipinski definition) is 8. The molecule has 0 fully saturated rings. The van der Waals surface area contributed by atoms with Gasteiger partial charge in [-0.1, -0.05) is 30.3 Å². The molecule has 0 amide bonds. The SMILES string of the molecule is COCCS(=O)c1sc2nc(-c3cnc4nn(C)cc4c3)nc(-c3ccccc3)c2c1N. The third-order valence-electron chi connectivity index (χ3n) is 5.01. The van der Waals surface area contributed by atoms with Gasteiger partial charge in [0.05, 0.1) is 39.9 Å². The van der Waals surface area contributed by atoms with Crippen LogP contribution >= 0.6 is 11.3 Å². The quantitative estimate of drug-likeness (QED) is 0.409. The van der Waals surface area contributed by atoms with Crippen molar-refractivity contribution in [1.29, 1.82) is 0 Å². The molecule has 0 spiro atoms. The molecule has 5 aromatic rings. The van der Waals surface area contributed by atoms with Gasteiger partial charge in [-0.3, -0.25) is 8.89 Å². The number of thiophene rings is 1. The van der Waals surface area contributed by atoms with Crippen molar-refractivity contribution in [3.05, 3.63) is 48.8 Å². The summed E-state index contributed by atoms with van der Waals surface area (Å²) in [7, 11) is 2.16.